The number of hydrogen-bond acceptors (Lipinski definition) is 6. The first-order valence-electron chi connectivity index (χ1n) is 10.6. The van der Waals surface area contributed by atoms with Gasteiger partial charge in [-0.05, 0) is 50.7 Å². The number of ether oxygens (including phenoxy) is 1. The molecule has 2 atom stereocenters. The molecule has 2 fully saturated rings. The fourth-order valence-corrected chi connectivity index (χ4v) is 4.77. The highest BCUT2D eigenvalue weighted by molar-refractivity contribution is 5.96. The zero-order chi connectivity index (χ0) is 21.7. The van der Waals surface area contributed by atoms with Gasteiger partial charge in [-0.3, -0.25) is 14.5 Å². The summed E-state index contributed by atoms with van der Waals surface area (Å²) in [6.45, 7) is 4.89. The Morgan fingerprint density at radius 1 is 1.27 bits per heavy atom. The van der Waals surface area contributed by atoms with Crippen LogP contribution in [0.4, 0.5) is 5.69 Å². The molecule has 3 aliphatic rings. The van der Waals surface area contributed by atoms with Crippen molar-refractivity contribution in [1.82, 2.24) is 4.90 Å². The maximum absolute atomic E-state index is 13.0. The fourth-order valence-electron chi connectivity index (χ4n) is 4.77. The van der Waals surface area contributed by atoms with Crippen molar-refractivity contribution in [2.45, 2.75) is 56.8 Å². The van der Waals surface area contributed by atoms with Crippen LogP contribution in [0.15, 0.2) is 18.2 Å². The zero-order valence-corrected chi connectivity index (χ0v) is 17.5. The SMILES string of the molecule is Cc1ccc2c(c1)CCCN2C(=O)CN1CCC2(CC1)OCC[C@H](O)[C@@H]2O.O=CO. The van der Waals surface area contributed by atoms with Crippen LogP contribution in [0, 0.1) is 6.92 Å². The third-order valence-electron chi connectivity index (χ3n) is 6.42. The first-order valence-corrected chi connectivity index (χ1v) is 10.6. The molecule has 0 unspecified atom stereocenters. The van der Waals surface area contributed by atoms with Crippen molar-refractivity contribution < 1.29 is 29.6 Å². The van der Waals surface area contributed by atoms with E-state index in [9.17, 15) is 15.0 Å². The van der Waals surface area contributed by atoms with Gasteiger partial charge in [-0.25, -0.2) is 0 Å². The first kappa shape index (κ1) is 22.7. The van der Waals surface area contributed by atoms with E-state index in [-0.39, 0.29) is 12.4 Å². The molecule has 4 rings (SSSR count). The Labute approximate surface area is 177 Å². The predicted octanol–water partition coefficient (Wildman–Crippen LogP) is 0.952. The van der Waals surface area contributed by atoms with E-state index in [1.165, 1.54) is 11.1 Å². The van der Waals surface area contributed by atoms with Crippen LogP contribution in [0.5, 0.6) is 0 Å². The molecule has 3 aliphatic heterocycles. The molecule has 0 aromatic heterocycles. The van der Waals surface area contributed by atoms with Gasteiger partial charge < -0.3 is 25.0 Å². The van der Waals surface area contributed by atoms with Crippen LogP contribution in [-0.4, -0.2) is 83.2 Å². The number of nitrogens with zero attached hydrogens (tertiary/aromatic N) is 2. The lowest BCUT2D eigenvalue weighted by molar-refractivity contribution is -0.214. The second kappa shape index (κ2) is 9.87. The van der Waals surface area contributed by atoms with E-state index in [0.717, 1.165) is 25.1 Å². The van der Waals surface area contributed by atoms with Gasteiger partial charge >= 0.3 is 0 Å². The van der Waals surface area contributed by atoms with E-state index in [0.29, 0.717) is 45.5 Å². The van der Waals surface area contributed by atoms with Gasteiger partial charge in [0, 0.05) is 25.3 Å². The number of hydrogen-bond donors (Lipinski definition) is 3. The number of rotatable bonds is 2. The van der Waals surface area contributed by atoms with Crippen LogP contribution in [0.1, 0.15) is 36.8 Å². The summed E-state index contributed by atoms with van der Waals surface area (Å²) in [5.41, 5.74) is 2.91. The number of aliphatic hydroxyl groups is 2. The van der Waals surface area contributed by atoms with Gasteiger partial charge in [0.1, 0.15) is 6.10 Å². The van der Waals surface area contributed by atoms with Gasteiger partial charge in [0.05, 0.1) is 24.9 Å². The Balaban J connectivity index is 0.000000806. The van der Waals surface area contributed by atoms with Gasteiger partial charge in [-0.2, -0.15) is 0 Å². The van der Waals surface area contributed by atoms with Crippen molar-refractivity contribution in [3.05, 3.63) is 29.3 Å². The van der Waals surface area contributed by atoms with Crippen LogP contribution in [0.25, 0.3) is 0 Å². The molecule has 2 saturated heterocycles. The van der Waals surface area contributed by atoms with E-state index in [1.54, 1.807) is 0 Å². The molecule has 1 aromatic rings. The van der Waals surface area contributed by atoms with Crippen molar-refractivity contribution >= 4 is 18.1 Å². The molecule has 1 spiro atoms. The average molecular weight is 421 g/mol. The molecule has 166 valence electrons. The lowest BCUT2D eigenvalue weighted by Crippen LogP contribution is -2.60. The molecule has 30 heavy (non-hydrogen) atoms. The van der Waals surface area contributed by atoms with Crippen LogP contribution in [-0.2, 0) is 20.7 Å². The predicted molar refractivity (Wildman–Crippen MR) is 112 cm³/mol. The van der Waals surface area contributed by atoms with Crippen molar-refractivity contribution in [1.29, 1.82) is 0 Å². The molecular weight excluding hydrogens is 388 g/mol. The molecule has 3 heterocycles. The third kappa shape index (κ3) is 4.83. The number of aliphatic hydroxyl groups excluding tert-OH is 2. The molecule has 0 aliphatic carbocycles. The van der Waals surface area contributed by atoms with E-state index >= 15 is 0 Å². The largest absolute Gasteiger partial charge is 0.483 e. The summed E-state index contributed by atoms with van der Waals surface area (Å²) in [6.07, 6.45) is 2.27. The highest BCUT2D eigenvalue weighted by Gasteiger charge is 2.47. The van der Waals surface area contributed by atoms with Crippen molar-refractivity contribution in [2.75, 3.05) is 37.7 Å². The van der Waals surface area contributed by atoms with Gasteiger partial charge in [-0.15, -0.1) is 0 Å². The average Bonchev–Trinajstić information content (AvgIpc) is 2.73. The van der Waals surface area contributed by atoms with Gasteiger partial charge in [0.25, 0.3) is 6.47 Å². The molecule has 1 amide bonds. The van der Waals surface area contributed by atoms with E-state index < -0.39 is 17.8 Å². The number of carbonyl (C=O) groups excluding carboxylic acids is 1. The van der Waals surface area contributed by atoms with E-state index in [2.05, 4.69) is 30.0 Å². The Morgan fingerprint density at radius 2 is 1.97 bits per heavy atom. The number of piperidine rings is 1. The summed E-state index contributed by atoms with van der Waals surface area (Å²) in [5, 5.41) is 27.3. The summed E-state index contributed by atoms with van der Waals surface area (Å²) in [6, 6.07) is 6.33. The van der Waals surface area contributed by atoms with E-state index in [4.69, 9.17) is 14.6 Å². The minimum absolute atomic E-state index is 0.140. The maximum atomic E-state index is 13.0. The zero-order valence-electron chi connectivity index (χ0n) is 17.5. The number of carbonyl (C=O) groups is 2. The summed E-state index contributed by atoms with van der Waals surface area (Å²) in [4.78, 5) is 25.4. The summed E-state index contributed by atoms with van der Waals surface area (Å²) >= 11 is 0. The lowest BCUT2D eigenvalue weighted by Gasteiger charge is -2.48. The minimum atomic E-state index is -0.832. The smallest absolute Gasteiger partial charge is 0.290 e. The molecular formula is C22H32N2O6. The molecule has 1 aromatic carbocycles. The van der Waals surface area contributed by atoms with Crippen LogP contribution in [0.2, 0.25) is 0 Å². The third-order valence-corrected chi connectivity index (χ3v) is 6.42. The van der Waals surface area contributed by atoms with Gasteiger partial charge in [0.2, 0.25) is 5.91 Å². The molecule has 8 heteroatoms. The Morgan fingerprint density at radius 3 is 2.67 bits per heavy atom. The Kier molecular flexibility index (Phi) is 7.46. The molecule has 3 N–H and O–H groups in total. The summed E-state index contributed by atoms with van der Waals surface area (Å²) < 4.78 is 5.88. The standard InChI is InChI=1S/C21H30N2O4.CH2O2/c1-15-4-5-17-16(13-15)3-2-9-23(17)19(25)14-22-10-7-21(8-11-22)20(26)18(24)6-12-27-21;2-1-3/h4-5,13,18,20,24,26H,2-3,6-12,14H2,1H3;1H,(H,2,3)/t18-,20-;/m0./s1. The quantitative estimate of drug-likeness (QED) is 0.611. The summed E-state index contributed by atoms with van der Waals surface area (Å²) in [7, 11) is 0. The monoisotopic (exact) mass is 420 g/mol. The Hall–Kier alpha value is -2.00. The fraction of sp³-hybridized carbons (Fsp3) is 0.636. The second-order valence-corrected chi connectivity index (χ2v) is 8.38. The van der Waals surface area contributed by atoms with Crippen molar-refractivity contribution in [3.63, 3.8) is 0 Å². The highest BCUT2D eigenvalue weighted by atomic mass is 16.5. The van der Waals surface area contributed by atoms with Gasteiger partial charge in [0.15, 0.2) is 0 Å². The Bertz CT molecular complexity index is 747. The van der Waals surface area contributed by atoms with Crippen LogP contribution >= 0.6 is 0 Å². The number of carboxylic acid groups (broad SMARTS) is 1. The number of likely N-dealkylation sites (tertiary alicyclic amines) is 1. The number of amides is 1. The minimum Gasteiger partial charge on any atom is -0.483 e. The second-order valence-electron chi connectivity index (χ2n) is 8.38. The molecule has 8 nitrogen and oxygen atoms in total. The van der Waals surface area contributed by atoms with E-state index in [1.807, 2.05) is 4.90 Å². The molecule has 0 bridgehead atoms. The van der Waals surface area contributed by atoms with Crippen LogP contribution in [0.3, 0.4) is 0 Å². The molecule has 0 saturated carbocycles. The van der Waals surface area contributed by atoms with Crippen molar-refractivity contribution in [2.24, 2.45) is 0 Å². The number of benzene rings is 1. The van der Waals surface area contributed by atoms with Gasteiger partial charge in [-0.1, -0.05) is 17.7 Å². The topological polar surface area (TPSA) is 111 Å². The first-order chi connectivity index (χ1) is 14.4. The number of anilines is 1. The molecule has 0 radical (unpaired) electrons. The van der Waals surface area contributed by atoms with Crippen molar-refractivity contribution in [3.8, 4) is 0 Å². The summed E-state index contributed by atoms with van der Waals surface area (Å²) in [5.74, 6) is 0.140. The number of aryl methyl sites for hydroxylation is 2. The lowest BCUT2D eigenvalue weighted by atomic mass is 9.80. The number of fused-ring (bicyclic) bond motifs is 1. The van der Waals surface area contributed by atoms with Crippen LogP contribution < -0.4 is 4.90 Å². The maximum Gasteiger partial charge on any atom is 0.290 e. The highest BCUT2D eigenvalue weighted by Crippen LogP contribution is 2.35. The normalized spacial score (nSPS) is 25.8.